The maximum Gasteiger partial charge on any atom is 0.256 e. The number of aromatic nitrogens is 7. The van der Waals surface area contributed by atoms with Crippen molar-refractivity contribution in [1.29, 1.82) is 5.53 Å². The largest absolute Gasteiger partial charge is 0.386 e. The van der Waals surface area contributed by atoms with Crippen molar-refractivity contribution in [2.75, 3.05) is 23.0 Å². The first-order valence-corrected chi connectivity index (χ1v) is 15.1. The van der Waals surface area contributed by atoms with Crippen molar-refractivity contribution in [3.63, 3.8) is 0 Å². The molecule has 0 fully saturated rings. The molecule has 0 aliphatic carbocycles. The molecule has 6 N–H and O–H groups in total. The molecule has 7 aromatic rings. The van der Waals surface area contributed by atoms with Gasteiger partial charge in [-0.05, 0) is 99.5 Å². The molecule has 0 radical (unpaired) electrons. The minimum atomic E-state index is -0.207. The molecule has 2 amide bonds. The van der Waals surface area contributed by atoms with Crippen LogP contribution in [-0.2, 0) is 7.05 Å². The van der Waals surface area contributed by atoms with Gasteiger partial charge in [0.2, 0.25) is 0 Å². The molecule has 0 atom stereocenters. The van der Waals surface area contributed by atoms with Crippen LogP contribution in [0.2, 0.25) is 0 Å². The van der Waals surface area contributed by atoms with E-state index in [1.165, 1.54) is 0 Å². The Hall–Kier alpha value is -6.44. The Labute approximate surface area is 274 Å². The number of amides is 2. The molecule has 7 rings (SSSR count). The molecule has 0 bridgehead atoms. The number of nitrogens with zero attached hydrogens (tertiary/aromatic N) is 6. The second-order valence-electron chi connectivity index (χ2n) is 11.5. The summed E-state index contributed by atoms with van der Waals surface area (Å²) in [7, 11) is 3.56. The van der Waals surface area contributed by atoms with Gasteiger partial charge in [0.15, 0.2) is 0 Å². The van der Waals surface area contributed by atoms with Crippen molar-refractivity contribution in [1.82, 2.24) is 35.4 Å². The SMILES string of the molecule is CNc1cc(C(=O)Nc2ccc3n[nH]c(C)c3c2)c(C)cc1N=N.Cc1cc2c(cc1C(=O)Nc1ccc3n[nH]c(C)c3c1)nnn2C. The van der Waals surface area contributed by atoms with Gasteiger partial charge in [-0.25, -0.2) is 10.2 Å². The number of carbonyl (C=O) groups is 2. The number of benzene rings is 4. The van der Waals surface area contributed by atoms with Crippen LogP contribution in [0, 0.1) is 33.2 Å². The Morgan fingerprint density at radius 2 is 1.29 bits per heavy atom. The predicted molar refractivity (Wildman–Crippen MR) is 186 cm³/mol. The van der Waals surface area contributed by atoms with Crippen LogP contribution in [0.15, 0.2) is 65.8 Å². The van der Waals surface area contributed by atoms with E-state index >= 15 is 0 Å². The van der Waals surface area contributed by atoms with Gasteiger partial charge in [-0.1, -0.05) is 5.21 Å². The van der Waals surface area contributed by atoms with Crippen molar-refractivity contribution < 1.29 is 9.59 Å². The highest BCUT2D eigenvalue weighted by Crippen LogP contribution is 2.29. The zero-order valence-electron chi connectivity index (χ0n) is 27.3. The molecule has 242 valence electrons. The van der Waals surface area contributed by atoms with Gasteiger partial charge in [-0.3, -0.25) is 19.8 Å². The molecule has 4 aromatic carbocycles. The number of hydrogen-bond acceptors (Lipinski definition) is 9. The fourth-order valence-corrected chi connectivity index (χ4v) is 5.49. The van der Waals surface area contributed by atoms with Crippen LogP contribution in [0.4, 0.5) is 22.7 Å². The third-order valence-corrected chi connectivity index (χ3v) is 8.18. The molecular formula is C34H34N12O2. The molecule has 14 nitrogen and oxygen atoms in total. The van der Waals surface area contributed by atoms with Crippen LogP contribution in [0.1, 0.15) is 43.2 Å². The summed E-state index contributed by atoms with van der Waals surface area (Å²) in [5, 5.41) is 36.5. The predicted octanol–water partition coefficient (Wildman–Crippen LogP) is 6.85. The lowest BCUT2D eigenvalue weighted by molar-refractivity contribution is 0.101. The van der Waals surface area contributed by atoms with Gasteiger partial charge in [0, 0.05) is 58.8 Å². The zero-order chi connectivity index (χ0) is 34.1. The highest BCUT2D eigenvalue weighted by Gasteiger charge is 2.16. The minimum Gasteiger partial charge on any atom is -0.386 e. The molecule has 0 spiro atoms. The highest BCUT2D eigenvalue weighted by atomic mass is 16.2. The number of aryl methyl sites for hydroxylation is 5. The summed E-state index contributed by atoms with van der Waals surface area (Å²) in [4.78, 5) is 25.3. The average molecular weight is 643 g/mol. The summed E-state index contributed by atoms with van der Waals surface area (Å²) in [5.74, 6) is -0.374. The molecular weight excluding hydrogens is 608 g/mol. The summed E-state index contributed by atoms with van der Waals surface area (Å²) < 4.78 is 1.69. The van der Waals surface area contributed by atoms with E-state index in [0.717, 1.165) is 55.5 Å². The van der Waals surface area contributed by atoms with Gasteiger partial charge in [-0.2, -0.15) is 15.3 Å². The van der Waals surface area contributed by atoms with E-state index in [1.54, 1.807) is 29.9 Å². The van der Waals surface area contributed by atoms with Gasteiger partial charge in [0.25, 0.3) is 11.8 Å². The van der Waals surface area contributed by atoms with E-state index < -0.39 is 0 Å². The first kappa shape index (κ1) is 31.5. The van der Waals surface area contributed by atoms with Gasteiger partial charge >= 0.3 is 0 Å². The van der Waals surface area contributed by atoms with Gasteiger partial charge in [-0.15, -0.1) is 5.10 Å². The summed E-state index contributed by atoms with van der Waals surface area (Å²) >= 11 is 0. The number of anilines is 3. The lowest BCUT2D eigenvalue weighted by Gasteiger charge is -2.11. The highest BCUT2D eigenvalue weighted by molar-refractivity contribution is 6.08. The van der Waals surface area contributed by atoms with E-state index in [0.29, 0.717) is 33.7 Å². The third-order valence-electron chi connectivity index (χ3n) is 8.18. The fourth-order valence-electron chi connectivity index (χ4n) is 5.49. The summed E-state index contributed by atoms with van der Waals surface area (Å²) in [5.41, 5.74) is 17.8. The van der Waals surface area contributed by atoms with E-state index in [4.69, 9.17) is 5.53 Å². The Morgan fingerprint density at radius 1 is 0.750 bits per heavy atom. The van der Waals surface area contributed by atoms with E-state index in [1.807, 2.05) is 77.2 Å². The molecule has 0 saturated carbocycles. The monoisotopic (exact) mass is 642 g/mol. The normalized spacial score (nSPS) is 11.0. The van der Waals surface area contributed by atoms with Crippen molar-refractivity contribution in [3.8, 4) is 0 Å². The molecule has 3 heterocycles. The van der Waals surface area contributed by atoms with Crippen molar-refractivity contribution in [2.45, 2.75) is 27.7 Å². The first-order chi connectivity index (χ1) is 23.1. The van der Waals surface area contributed by atoms with Crippen molar-refractivity contribution in [2.24, 2.45) is 12.2 Å². The number of fused-ring (bicyclic) bond motifs is 3. The molecule has 0 unspecified atom stereocenters. The van der Waals surface area contributed by atoms with Crippen LogP contribution in [0.25, 0.3) is 32.8 Å². The van der Waals surface area contributed by atoms with Gasteiger partial charge in [0.1, 0.15) is 11.2 Å². The van der Waals surface area contributed by atoms with Crippen LogP contribution in [-0.4, -0.2) is 54.3 Å². The van der Waals surface area contributed by atoms with Crippen molar-refractivity contribution in [3.05, 3.63) is 94.3 Å². The first-order valence-electron chi connectivity index (χ1n) is 15.1. The number of aromatic amines is 2. The van der Waals surface area contributed by atoms with Crippen LogP contribution in [0.3, 0.4) is 0 Å². The lowest BCUT2D eigenvalue weighted by atomic mass is 10.1. The summed E-state index contributed by atoms with van der Waals surface area (Å²) in [6.45, 7) is 7.62. The number of nitrogens with one attached hydrogen (secondary N) is 6. The van der Waals surface area contributed by atoms with E-state index in [2.05, 4.69) is 51.8 Å². The molecule has 3 aromatic heterocycles. The molecule has 48 heavy (non-hydrogen) atoms. The molecule has 0 aliphatic heterocycles. The summed E-state index contributed by atoms with van der Waals surface area (Å²) in [6.07, 6.45) is 0. The second kappa shape index (κ2) is 12.7. The average Bonchev–Trinajstić information content (AvgIpc) is 3.76. The Kier molecular flexibility index (Phi) is 8.38. The van der Waals surface area contributed by atoms with Crippen molar-refractivity contribution >= 4 is 67.4 Å². The topological polar surface area (TPSA) is 195 Å². The maximum atomic E-state index is 12.7. The number of H-pyrrole nitrogens is 2. The van der Waals surface area contributed by atoms with Crippen LogP contribution in [0.5, 0.6) is 0 Å². The molecule has 0 saturated heterocycles. The Morgan fingerprint density at radius 3 is 1.83 bits per heavy atom. The lowest BCUT2D eigenvalue weighted by Crippen LogP contribution is -2.13. The minimum absolute atomic E-state index is 0.166. The van der Waals surface area contributed by atoms with Gasteiger partial charge in [0.05, 0.1) is 22.2 Å². The Bertz CT molecular complexity index is 2370. The number of rotatable bonds is 6. The Balaban J connectivity index is 0.000000167. The number of hydrogen-bond donors (Lipinski definition) is 6. The van der Waals surface area contributed by atoms with Crippen LogP contribution < -0.4 is 16.0 Å². The van der Waals surface area contributed by atoms with E-state index in [9.17, 15) is 9.59 Å². The molecule has 0 aliphatic rings. The van der Waals surface area contributed by atoms with E-state index in [-0.39, 0.29) is 11.8 Å². The fraction of sp³-hybridized carbons (Fsp3) is 0.176. The standard InChI is InChI=1S/C17H16N6O.C17H18N6O/c1-9-6-16-15(21-22-23(16)3)8-12(9)17(24)18-11-4-5-14-13(7-11)10(2)19-20-14;1-9-6-16(21-18)15(19-3)8-12(9)17(24)20-11-4-5-14-13(7-11)10(2)22-23-14/h4-8H,1-3H3,(H,18,24)(H,19,20);4-8,18-19H,1-3H3,(H,20,24)(H,22,23). The maximum absolute atomic E-state index is 12.7. The number of carbonyl (C=O) groups excluding carboxylic acids is 2. The smallest absolute Gasteiger partial charge is 0.256 e. The zero-order valence-corrected chi connectivity index (χ0v) is 27.3. The summed E-state index contributed by atoms with van der Waals surface area (Å²) in [6, 6.07) is 18.4. The quantitative estimate of drug-likeness (QED) is 0.107. The molecule has 14 heteroatoms. The third kappa shape index (κ3) is 6.06. The van der Waals surface area contributed by atoms with Crippen LogP contribution >= 0.6 is 0 Å². The second-order valence-corrected chi connectivity index (χ2v) is 11.5. The van der Waals surface area contributed by atoms with Gasteiger partial charge < -0.3 is 16.0 Å².